The van der Waals surface area contributed by atoms with E-state index >= 15 is 0 Å². The maximum Gasteiger partial charge on any atom is 0.389 e. The molecule has 0 aliphatic carbocycles. The number of nitrogens with two attached hydrogens (primary N) is 1. The monoisotopic (exact) mass is 283 g/mol. The molecule has 0 saturated carbocycles. The maximum absolute atomic E-state index is 12.0. The third kappa shape index (κ3) is 4.93. The smallest absolute Gasteiger partial charge is 0.389 e. The molecule has 102 valence electrons. The van der Waals surface area contributed by atoms with Gasteiger partial charge in [0, 0.05) is 12.5 Å². The van der Waals surface area contributed by atoms with Crippen molar-refractivity contribution < 1.29 is 23.1 Å². The molecule has 0 saturated heterocycles. The van der Waals surface area contributed by atoms with Gasteiger partial charge in [-0.2, -0.15) is 13.2 Å². The Morgan fingerprint density at radius 2 is 1.89 bits per heavy atom. The molecular weight excluding hydrogens is 271 g/mol. The minimum Gasteiger partial charge on any atom is -0.478 e. The van der Waals surface area contributed by atoms with E-state index in [-0.39, 0.29) is 30.0 Å². The Bertz CT molecular complexity index is 410. The van der Waals surface area contributed by atoms with E-state index < -0.39 is 24.6 Å². The molecular formula is C11H13ClF3NO2. The molecule has 0 aliphatic heterocycles. The molecule has 0 aliphatic rings. The van der Waals surface area contributed by atoms with Gasteiger partial charge in [0.15, 0.2) is 0 Å². The van der Waals surface area contributed by atoms with Crippen LogP contribution in [0.1, 0.15) is 34.8 Å². The number of hydrogen-bond donors (Lipinski definition) is 2. The molecule has 0 fully saturated rings. The third-order valence-corrected chi connectivity index (χ3v) is 2.33. The van der Waals surface area contributed by atoms with E-state index in [1.807, 2.05) is 0 Å². The number of halogens is 4. The molecule has 0 bridgehead atoms. The SMILES string of the molecule is Cl.N[C@@H](CCC(F)(F)F)c1ccccc1C(=O)O. The lowest BCUT2D eigenvalue weighted by atomic mass is 9.97. The normalized spacial score (nSPS) is 12.7. The van der Waals surface area contributed by atoms with Gasteiger partial charge in [0.2, 0.25) is 0 Å². The summed E-state index contributed by atoms with van der Waals surface area (Å²) >= 11 is 0. The van der Waals surface area contributed by atoms with Crippen LogP contribution in [0.5, 0.6) is 0 Å². The van der Waals surface area contributed by atoms with E-state index in [9.17, 15) is 18.0 Å². The van der Waals surface area contributed by atoms with Crippen molar-refractivity contribution in [1.82, 2.24) is 0 Å². The molecule has 7 heteroatoms. The van der Waals surface area contributed by atoms with E-state index in [0.29, 0.717) is 0 Å². The number of carboxylic acid groups (broad SMARTS) is 1. The van der Waals surface area contributed by atoms with Gasteiger partial charge in [-0.15, -0.1) is 12.4 Å². The number of hydrogen-bond acceptors (Lipinski definition) is 2. The van der Waals surface area contributed by atoms with Crippen LogP contribution < -0.4 is 5.73 Å². The zero-order chi connectivity index (χ0) is 13.1. The van der Waals surface area contributed by atoms with Gasteiger partial charge in [0.05, 0.1) is 5.56 Å². The standard InChI is InChI=1S/C11H12F3NO2.ClH/c12-11(13,14)6-5-9(15)7-3-1-2-4-8(7)10(16)17;/h1-4,9H,5-6,15H2,(H,16,17);1H/t9-;/m0./s1. The fraction of sp³-hybridized carbons (Fsp3) is 0.364. The highest BCUT2D eigenvalue weighted by molar-refractivity contribution is 5.89. The van der Waals surface area contributed by atoms with Crippen LogP contribution in [0, 0.1) is 0 Å². The molecule has 1 rings (SSSR count). The summed E-state index contributed by atoms with van der Waals surface area (Å²) in [6, 6.07) is 4.89. The van der Waals surface area contributed by atoms with Crippen LogP contribution in [0.4, 0.5) is 13.2 Å². The van der Waals surface area contributed by atoms with Crippen LogP contribution in [0.25, 0.3) is 0 Å². The Kier molecular flexibility index (Phi) is 6.14. The molecule has 0 spiro atoms. The lowest BCUT2D eigenvalue weighted by Gasteiger charge is -2.15. The first-order chi connectivity index (χ1) is 7.81. The Morgan fingerprint density at radius 1 is 1.33 bits per heavy atom. The molecule has 1 aromatic carbocycles. The van der Waals surface area contributed by atoms with E-state index in [1.165, 1.54) is 18.2 Å². The molecule has 3 N–H and O–H groups in total. The van der Waals surface area contributed by atoms with Crippen molar-refractivity contribution in [2.75, 3.05) is 0 Å². The average molecular weight is 284 g/mol. The number of rotatable bonds is 4. The highest BCUT2D eigenvalue weighted by Crippen LogP contribution is 2.27. The topological polar surface area (TPSA) is 63.3 Å². The molecule has 3 nitrogen and oxygen atoms in total. The minimum absolute atomic E-state index is 0. The number of carboxylic acids is 1. The van der Waals surface area contributed by atoms with Gasteiger partial charge >= 0.3 is 12.1 Å². The van der Waals surface area contributed by atoms with E-state index in [1.54, 1.807) is 6.07 Å². The van der Waals surface area contributed by atoms with Gasteiger partial charge in [0.25, 0.3) is 0 Å². The number of carbonyl (C=O) groups is 1. The first kappa shape index (κ1) is 16.7. The highest BCUT2D eigenvalue weighted by Gasteiger charge is 2.28. The Hall–Kier alpha value is -1.27. The summed E-state index contributed by atoms with van der Waals surface area (Å²) in [7, 11) is 0. The summed E-state index contributed by atoms with van der Waals surface area (Å²) in [5.74, 6) is -1.19. The average Bonchev–Trinajstić information content (AvgIpc) is 2.25. The first-order valence-corrected chi connectivity index (χ1v) is 4.96. The Labute approximate surface area is 108 Å². The fourth-order valence-electron chi connectivity index (χ4n) is 1.49. The number of benzene rings is 1. The van der Waals surface area contributed by atoms with Crippen molar-refractivity contribution in [3.8, 4) is 0 Å². The van der Waals surface area contributed by atoms with E-state index in [0.717, 1.165) is 0 Å². The summed E-state index contributed by atoms with van der Waals surface area (Å²) in [6.07, 6.45) is -5.63. The van der Waals surface area contributed by atoms with Gasteiger partial charge in [-0.05, 0) is 18.1 Å². The van der Waals surface area contributed by atoms with Crippen molar-refractivity contribution in [3.63, 3.8) is 0 Å². The van der Waals surface area contributed by atoms with Crippen LogP contribution in [-0.2, 0) is 0 Å². The van der Waals surface area contributed by atoms with Crippen LogP contribution in [0.15, 0.2) is 24.3 Å². The molecule has 0 heterocycles. The maximum atomic E-state index is 12.0. The predicted molar refractivity (Wildman–Crippen MR) is 62.9 cm³/mol. The van der Waals surface area contributed by atoms with Crippen molar-refractivity contribution >= 4 is 18.4 Å². The largest absolute Gasteiger partial charge is 0.478 e. The second-order valence-electron chi connectivity index (χ2n) is 3.65. The first-order valence-electron chi connectivity index (χ1n) is 4.96. The summed E-state index contributed by atoms with van der Waals surface area (Å²) < 4.78 is 36.1. The van der Waals surface area contributed by atoms with E-state index in [2.05, 4.69) is 0 Å². The van der Waals surface area contributed by atoms with Gasteiger partial charge in [0.1, 0.15) is 0 Å². The van der Waals surface area contributed by atoms with Crippen molar-refractivity contribution in [2.45, 2.75) is 25.1 Å². The third-order valence-electron chi connectivity index (χ3n) is 2.33. The molecule has 1 atom stereocenters. The fourth-order valence-corrected chi connectivity index (χ4v) is 1.49. The zero-order valence-corrected chi connectivity index (χ0v) is 10.1. The Morgan fingerprint density at radius 3 is 2.39 bits per heavy atom. The molecule has 0 radical (unpaired) electrons. The summed E-state index contributed by atoms with van der Waals surface area (Å²) in [4.78, 5) is 10.8. The molecule has 18 heavy (non-hydrogen) atoms. The molecule has 0 aromatic heterocycles. The second-order valence-corrected chi connectivity index (χ2v) is 3.65. The molecule has 1 aromatic rings. The van der Waals surface area contributed by atoms with Crippen LogP contribution in [0.2, 0.25) is 0 Å². The van der Waals surface area contributed by atoms with E-state index in [4.69, 9.17) is 10.8 Å². The number of aromatic carboxylic acids is 1. The van der Waals surface area contributed by atoms with Crippen LogP contribution in [-0.4, -0.2) is 17.3 Å². The summed E-state index contributed by atoms with van der Waals surface area (Å²) in [6.45, 7) is 0. The van der Waals surface area contributed by atoms with Gasteiger partial charge in [-0.1, -0.05) is 18.2 Å². The van der Waals surface area contributed by atoms with Crippen molar-refractivity contribution in [1.29, 1.82) is 0 Å². The number of alkyl halides is 3. The van der Waals surface area contributed by atoms with Gasteiger partial charge < -0.3 is 10.8 Å². The van der Waals surface area contributed by atoms with Crippen molar-refractivity contribution in [3.05, 3.63) is 35.4 Å². The zero-order valence-electron chi connectivity index (χ0n) is 9.28. The van der Waals surface area contributed by atoms with Crippen LogP contribution >= 0.6 is 12.4 Å². The van der Waals surface area contributed by atoms with Crippen LogP contribution in [0.3, 0.4) is 0 Å². The summed E-state index contributed by atoms with van der Waals surface area (Å²) in [5, 5.41) is 8.86. The highest BCUT2D eigenvalue weighted by atomic mass is 35.5. The second kappa shape index (κ2) is 6.61. The lowest BCUT2D eigenvalue weighted by Crippen LogP contribution is -2.18. The molecule has 0 unspecified atom stereocenters. The lowest BCUT2D eigenvalue weighted by molar-refractivity contribution is -0.136. The van der Waals surface area contributed by atoms with Gasteiger partial charge in [-0.3, -0.25) is 0 Å². The summed E-state index contributed by atoms with van der Waals surface area (Å²) in [5.41, 5.74) is 5.75. The minimum atomic E-state index is -4.28. The Balaban J connectivity index is 0.00000289. The van der Waals surface area contributed by atoms with Crippen molar-refractivity contribution in [2.24, 2.45) is 5.73 Å². The predicted octanol–water partition coefficient (Wildman–Crippen LogP) is 3.15. The molecule has 0 amide bonds. The quantitative estimate of drug-likeness (QED) is 0.892. The van der Waals surface area contributed by atoms with Gasteiger partial charge in [-0.25, -0.2) is 4.79 Å².